The standard InChI is InChI=1S/C11H12N2O2/c1-2-15-11(14)8-4-3-7-5-6-13-10(7)9(8)12/h3-6,13H,2,12H2,1H3. The largest absolute Gasteiger partial charge is 0.462 e. The predicted octanol–water partition coefficient (Wildman–Crippen LogP) is 1.93. The first kappa shape index (κ1) is 9.58. The summed E-state index contributed by atoms with van der Waals surface area (Å²) in [6, 6.07) is 5.43. The number of carbonyl (C=O) groups excluding carboxylic acids is 1. The number of H-pyrrole nitrogens is 1. The third kappa shape index (κ3) is 1.54. The van der Waals surface area contributed by atoms with Gasteiger partial charge in [-0.15, -0.1) is 0 Å². The highest BCUT2D eigenvalue weighted by atomic mass is 16.5. The number of benzene rings is 1. The summed E-state index contributed by atoms with van der Waals surface area (Å²) >= 11 is 0. The summed E-state index contributed by atoms with van der Waals surface area (Å²) in [5.41, 5.74) is 7.49. The normalized spacial score (nSPS) is 10.5. The molecule has 0 aliphatic heterocycles. The Labute approximate surface area is 87.0 Å². The van der Waals surface area contributed by atoms with Gasteiger partial charge in [0, 0.05) is 11.6 Å². The monoisotopic (exact) mass is 204 g/mol. The third-order valence-corrected chi connectivity index (χ3v) is 2.26. The highest BCUT2D eigenvalue weighted by molar-refractivity contribution is 6.04. The van der Waals surface area contributed by atoms with E-state index in [2.05, 4.69) is 4.98 Å². The minimum Gasteiger partial charge on any atom is -0.462 e. The number of nitrogens with one attached hydrogen (secondary N) is 1. The molecule has 0 radical (unpaired) electrons. The maximum absolute atomic E-state index is 11.5. The Morgan fingerprint density at radius 2 is 2.27 bits per heavy atom. The van der Waals surface area contributed by atoms with E-state index in [0.717, 1.165) is 10.9 Å². The molecule has 0 amide bonds. The van der Waals surface area contributed by atoms with Crippen molar-refractivity contribution in [3.05, 3.63) is 30.0 Å². The first-order chi connectivity index (χ1) is 7.24. The van der Waals surface area contributed by atoms with Gasteiger partial charge in [-0.05, 0) is 19.1 Å². The van der Waals surface area contributed by atoms with Gasteiger partial charge in [0.25, 0.3) is 0 Å². The molecule has 0 aliphatic carbocycles. The Morgan fingerprint density at radius 3 is 3.00 bits per heavy atom. The second kappa shape index (κ2) is 3.65. The molecule has 0 spiro atoms. The van der Waals surface area contributed by atoms with Crippen molar-refractivity contribution in [2.75, 3.05) is 12.3 Å². The first-order valence-electron chi connectivity index (χ1n) is 4.76. The van der Waals surface area contributed by atoms with Crippen LogP contribution in [0.2, 0.25) is 0 Å². The zero-order valence-corrected chi connectivity index (χ0v) is 8.41. The predicted molar refractivity (Wildman–Crippen MR) is 58.7 cm³/mol. The smallest absolute Gasteiger partial charge is 0.340 e. The number of fused-ring (bicyclic) bond motifs is 1. The van der Waals surface area contributed by atoms with Crippen LogP contribution in [-0.4, -0.2) is 17.6 Å². The van der Waals surface area contributed by atoms with Gasteiger partial charge in [-0.25, -0.2) is 4.79 Å². The van der Waals surface area contributed by atoms with Crippen LogP contribution in [0.1, 0.15) is 17.3 Å². The molecule has 0 saturated heterocycles. The van der Waals surface area contributed by atoms with Gasteiger partial charge in [0.1, 0.15) is 0 Å². The molecule has 1 aromatic carbocycles. The van der Waals surface area contributed by atoms with Crippen molar-refractivity contribution in [1.82, 2.24) is 4.98 Å². The third-order valence-electron chi connectivity index (χ3n) is 2.26. The van der Waals surface area contributed by atoms with Gasteiger partial charge in [-0.1, -0.05) is 6.07 Å². The average Bonchev–Trinajstić information content (AvgIpc) is 2.67. The first-order valence-corrected chi connectivity index (χ1v) is 4.76. The average molecular weight is 204 g/mol. The van der Waals surface area contributed by atoms with Gasteiger partial charge >= 0.3 is 5.97 Å². The van der Waals surface area contributed by atoms with Crippen molar-refractivity contribution in [3.8, 4) is 0 Å². The fourth-order valence-corrected chi connectivity index (χ4v) is 1.54. The maximum Gasteiger partial charge on any atom is 0.340 e. The maximum atomic E-state index is 11.5. The molecule has 0 bridgehead atoms. The highest BCUT2D eigenvalue weighted by Crippen LogP contribution is 2.23. The van der Waals surface area contributed by atoms with Crippen molar-refractivity contribution in [1.29, 1.82) is 0 Å². The summed E-state index contributed by atoms with van der Waals surface area (Å²) in [5.74, 6) is -0.383. The van der Waals surface area contributed by atoms with E-state index in [1.165, 1.54) is 0 Å². The van der Waals surface area contributed by atoms with Crippen LogP contribution in [-0.2, 0) is 4.74 Å². The number of hydrogen-bond acceptors (Lipinski definition) is 3. The zero-order chi connectivity index (χ0) is 10.8. The van der Waals surface area contributed by atoms with E-state index in [4.69, 9.17) is 10.5 Å². The second-order valence-corrected chi connectivity index (χ2v) is 3.19. The van der Waals surface area contributed by atoms with Crippen LogP contribution >= 0.6 is 0 Å². The Bertz CT molecular complexity index is 502. The molecule has 15 heavy (non-hydrogen) atoms. The number of aromatic amines is 1. The van der Waals surface area contributed by atoms with E-state index in [-0.39, 0.29) is 5.97 Å². The lowest BCUT2D eigenvalue weighted by Crippen LogP contribution is -2.08. The summed E-state index contributed by atoms with van der Waals surface area (Å²) in [6.07, 6.45) is 1.79. The number of nitrogens with two attached hydrogens (primary N) is 1. The Kier molecular flexibility index (Phi) is 2.33. The molecule has 1 aromatic heterocycles. The van der Waals surface area contributed by atoms with Crippen LogP contribution in [0.5, 0.6) is 0 Å². The van der Waals surface area contributed by atoms with Gasteiger partial charge in [0.05, 0.1) is 23.4 Å². The van der Waals surface area contributed by atoms with Crippen LogP contribution < -0.4 is 5.73 Å². The molecule has 0 aliphatic rings. The molecular weight excluding hydrogens is 192 g/mol. The topological polar surface area (TPSA) is 68.1 Å². The molecule has 2 rings (SSSR count). The summed E-state index contributed by atoms with van der Waals surface area (Å²) < 4.78 is 4.90. The van der Waals surface area contributed by atoms with Crippen molar-refractivity contribution in [2.24, 2.45) is 0 Å². The molecule has 3 N–H and O–H groups in total. The number of rotatable bonds is 2. The Hall–Kier alpha value is -1.97. The molecule has 78 valence electrons. The van der Waals surface area contributed by atoms with Crippen LogP contribution in [0, 0.1) is 0 Å². The van der Waals surface area contributed by atoms with Crippen molar-refractivity contribution in [2.45, 2.75) is 6.92 Å². The van der Waals surface area contributed by atoms with Crippen LogP contribution in [0.4, 0.5) is 5.69 Å². The number of nitrogen functional groups attached to an aromatic ring is 1. The van der Waals surface area contributed by atoms with Crippen molar-refractivity contribution >= 4 is 22.6 Å². The van der Waals surface area contributed by atoms with Gasteiger partial charge in [0.15, 0.2) is 0 Å². The van der Waals surface area contributed by atoms with E-state index >= 15 is 0 Å². The summed E-state index contributed by atoms with van der Waals surface area (Å²) in [7, 11) is 0. The van der Waals surface area contributed by atoms with E-state index in [1.54, 1.807) is 19.2 Å². The minimum absolute atomic E-state index is 0.348. The number of carbonyl (C=O) groups is 1. The molecule has 0 fully saturated rings. The quantitative estimate of drug-likeness (QED) is 0.580. The van der Waals surface area contributed by atoms with E-state index in [0.29, 0.717) is 17.9 Å². The molecule has 2 aromatic rings. The second-order valence-electron chi connectivity index (χ2n) is 3.19. The van der Waals surface area contributed by atoms with E-state index in [1.807, 2.05) is 12.1 Å². The van der Waals surface area contributed by atoms with Crippen molar-refractivity contribution < 1.29 is 9.53 Å². The SMILES string of the molecule is CCOC(=O)c1ccc2cc[nH]c2c1N. The fraction of sp³-hybridized carbons (Fsp3) is 0.182. The molecule has 0 unspecified atom stereocenters. The van der Waals surface area contributed by atoms with Gasteiger partial charge < -0.3 is 15.5 Å². The molecule has 1 heterocycles. The number of hydrogen-bond donors (Lipinski definition) is 2. The number of anilines is 1. The van der Waals surface area contributed by atoms with Crippen LogP contribution in [0.3, 0.4) is 0 Å². The molecule has 4 heteroatoms. The van der Waals surface area contributed by atoms with Gasteiger partial charge in [-0.3, -0.25) is 0 Å². The number of ether oxygens (including phenoxy) is 1. The molecule has 0 atom stereocenters. The zero-order valence-electron chi connectivity index (χ0n) is 8.41. The molecule has 0 saturated carbocycles. The number of aromatic nitrogens is 1. The van der Waals surface area contributed by atoms with E-state index in [9.17, 15) is 4.79 Å². The lowest BCUT2D eigenvalue weighted by atomic mass is 10.1. The lowest BCUT2D eigenvalue weighted by Gasteiger charge is -2.05. The Balaban J connectivity index is 2.52. The summed E-state index contributed by atoms with van der Waals surface area (Å²) in [6.45, 7) is 2.11. The highest BCUT2D eigenvalue weighted by Gasteiger charge is 2.13. The van der Waals surface area contributed by atoms with E-state index < -0.39 is 0 Å². The van der Waals surface area contributed by atoms with Crippen LogP contribution in [0.25, 0.3) is 10.9 Å². The lowest BCUT2D eigenvalue weighted by molar-refractivity contribution is 0.0528. The molecular formula is C11H12N2O2. The summed E-state index contributed by atoms with van der Waals surface area (Å²) in [4.78, 5) is 14.5. The van der Waals surface area contributed by atoms with Gasteiger partial charge in [0.2, 0.25) is 0 Å². The summed E-state index contributed by atoms with van der Waals surface area (Å²) in [5, 5.41) is 0.987. The minimum atomic E-state index is -0.383. The van der Waals surface area contributed by atoms with Crippen molar-refractivity contribution in [3.63, 3.8) is 0 Å². The number of esters is 1. The van der Waals surface area contributed by atoms with Crippen LogP contribution in [0.15, 0.2) is 24.4 Å². The fourth-order valence-electron chi connectivity index (χ4n) is 1.54. The van der Waals surface area contributed by atoms with Gasteiger partial charge in [-0.2, -0.15) is 0 Å². The Morgan fingerprint density at radius 1 is 1.47 bits per heavy atom. The molecule has 4 nitrogen and oxygen atoms in total.